The Hall–Kier alpha value is -0.940. The maximum atomic E-state index is 5.77. The SMILES string of the molecule is CCCN(Cc1nc(C)no1)CC(C)(C)CN. The number of nitrogens with two attached hydrogens (primary N) is 1. The predicted molar refractivity (Wildman–Crippen MR) is 67.4 cm³/mol. The maximum absolute atomic E-state index is 5.77. The van der Waals surface area contributed by atoms with Gasteiger partial charge in [-0.25, -0.2) is 0 Å². The van der Waals surface area contributed by atoms with Gasteiger partial charge in [0.15, 0.2) is 5.82 Å². The fourth-order valence-corrected chi connectivity index (χ4v) is 1.80. The van der Waals surface area contributed by atoms with Gasteiger partial charge in [0, 0.05) is 6.54 Å². The first-order valence-electron chi connectivity index (χ1n) is 6.18. The Morgan fingerprint density at radius 3 is 2.59 bits per heavy atom. The molecule has 0 atom stereocenters. The minimum atomic E-state index is 0.115. The van der Waals surface area contributed by atoms with Gasteiger partial charge >= 0.3 is 0 Å². The summed E-state index contributed by atoms with van der Waals surface area (Å²) in [4.78, 5) is 6.56. The van der Waals surface area contributed by atoms with Crippen molar-refractivity contribution in [1.29, 1.82) is 0 Å². The van der Waals surface area contributed by atoms with Gasteiger partial charge in [0.25, 0.3) is 0 Å². The van der Waals surface area contributed by atoms with Crippen LogP contribution in [0.2, 0.25) is 0 Å². The van der Waals surface area contributed by atoms with Crippen LogP contribution in [0.15, 0.2) is 4.52 Å². The molecule has 5 nitrogen and oxygen atoms in total. The van der Waals surface area contributed by atoms with Crippen LogP contribution in [0.3, 0.4) is 0 Å². The highest BCUT2D eigenvalue weighted by Crippen LogP contribution is 2.16. The Bertz CT molecular complexity index is 335. The molecule has 17 heavy (non-hydrogen) atoms. The summed E-state index contributed by atoms with van der Waals surface area (Å²) in [5.74, 6) is 1.37. The summed E-state index contributed by atoms with van der Waals surface area (Å²) in [6.07, 6.45) is 1.10. The van der Waals surface area contributed by atoms with Crippen molar-refractivity contribution in [3.8, 4) is 0 Å². The van der Waals surface area contributed by atoms with Gasteiger partial charge in [0.2, 0.25) is 5.89 Å². The summed E-state index contributed by atoms with van der Waals surface area (Å²) in [6.45, 7) is 11.7. The van der Waals surface area contributed by atoms with E-state index < -0.39 is 0 Å². The third kappa shape index (κ3) is 4.83. The quantitative estimate of drug-likeness (QED) is 0.783. The second-order valence-corrected chi connectivity index (χ2v) is 5.31. The molecule has 0 saturated heterocycles. The largest absolute Gasteiger partial charge is 0.338 e. The van der Waals surface area contributed by atoms with E-state index in [-0.39, 0.29) is 5.41 Å². The molecule has 0 aromatic carbocycles. The number of hydrogen-bond acceptors (Lipinski definition) is 5. The van der Waals surface area contributed by atoms with Crippen molar-refractivity contribution in [3.63, 3.8) is 0 Å². The molecule has 0 saturated carbocycles. The highest BCUT2D eigenvalue weighted by Gasteiger charge is 2.21. The second-order valence-electron chi connectivity index (χ2n) is 5.31. The van der Waals surface area contributed by atoms with E-state index in [0.29, 0.717) is 24.8 Å². The molecule has 1 heterocycles. The number of nitrogens with zero attached hydrogens (tertiary/aromatic N) is 3. The fourth-order valence-electron chi connectivity index (χ4n) is 1.80. The average molecular weight is 240 g/mol. The zero-order valence-corrected chi connectivity index (χ0v) is 11.4. The molecule has 1 aromatic rings. The average Bonchev–Trinajstić information content (AvgIpc) is 2.64. The van der Waals surface area contributed by atoms with Crippen molar-refractivity contribution in [2.75, 3.05) is 19.6 Å². The smallest absolute Gasteiger partial charge is 0.240 e. The van der Waals surface area contributed by atoms with Gasteiger partial charge in [0.1, 0.15) is 0 Å². The lowest BCUT2D eigenvalue weighted by Gasteiger charge is -2.30. The summed E-state index contributed by atoms with van der Waals surface area (Å²) in [6, 6.07) is 0. The first-order chi connectivity index (χ1) is 7.96. The lowest BCUT2D eigenvalue weighted by atomic mass is 9.93. The van der Waals surface area contributed by atoms with Gasteiger partial charge in [-0.3, -0.25) is 4.90 Å². The molecule has 0 unspecified atom stereocenters. The Labute approximate surface area is 103 Å². The van der Waals surface area contributed by atoms with E-state index >= 15 is 0 Å². The zero-order chi connectivity index (χ0) is 12.9. The standard InChI is InChI=1S/C12H24N4O/c1-5-6-16(9-12(3,4)8-13)7-11-14-10(2)15-17-11/h5-9,13H2,1-4H3. The van der Waals surface area contributed by atoms with Crippen molar-refractivity contribution in [2.24, 2.45) is 11.1 Å². The molecule has 0 bridgehead atoms. The number of hydrogen-bond donors (Lipinski definition) is 1. The molecule has 98 valence electrons. The normalized spacial score (nSPS) is 12.4. The number of aromatic nitrogens is 2. The first kappa shape index (κ1) is 14.1. The predicted octanol–water partition coefficient (Wildman–Crippen LogP) is 1.57. The van der Waals surface area contributed by atoms with E-state index in [1.165, 1.54) is 0 Å². The monoisotopic (exact) mass is 240 g/mol. The number of aryl methyl sites for hydroxylation is 1. The van der Waals surface area contributed by atoms with Crippen LogP contribution in [0.5, 0.6) is 0 Å². The summed E-state index contributed by atoms with van der Waals surface area (Å²) in [5, 5.41) is 3.81. The minimum Gasteiger partial charge on any atom is -0.338 e. The Morgan fingerprint density at radius 2 is 2.12 bits per heavy atom. The van der Waals surface area contributed by atoms with Gasteiger partial charge in [0.05, 0.1) is 6.54 Å². The van der Waals surface area contributed by atoms with Crippen LogP contribution in [0.1, 0.15) is 38.9 Å². The zero-order valence-electron chi connectivity index (χ0n) is 11.4. The third-order valence-corrected chi connectivity index (χ3v) is 2.67. The topological polar surface area (TPSA) is 68.2 Å². The van der Waals surface area contributed by atoms with Crippen LogP contribution < -0.4 is 5.73 Å². The molecule has 0 aliphatic carbocycles. The van der Waals surface area contributed by atoms with E-state index in [9.17, 15) is 0 Å². The van der Waals surface area contributed by atoms with Crippen molar-refractivity contribution >= 4 is 0 Å². The van der Waals surface area contributed by atoms with Crippen molar-refractivity contribution in [2.45, 2.75) is 40.7 Å². The molecule has 1 aromatic heterocycles. The molecular weight excluding hydrogens is 216 g/mol. The van der Waals surface area contributed by atoms with E-state index in [1.54, 1.807) is 0 Å². The van der Waals surface area contributed by atoms with Crippen LogP contribution in [0.4, 0.5) is 0 Å². The van der Waals surface area contributed by atoms with Gasteiger partial charge < -0.3 is 10.3 Å². The molecule has 0 aliphatic heterocycles. The Balaban J connectivity index is 2.60. The summed E-state index contributed by atoms with van der Waals surface area (Å²) >= 11 is 0. The Kier molecular flexibility index (Phi) is 5.08. The van der Waals surface area contributed by atoms with Crippen molar-refractivity contribution < 1.29 is 4.52 Å². The molecule has 0 fully saturated rings. The molecule has 0 amide bonds. The molecule has 0 aliphatic rings. The second kappa shape index (κ2) is 6.12. The van der Waals surface area contributed by atoms with Crippen LogP contribution in [-0.4, -0.2) is 34.7 Å². The molecule has 0 radical (unpaired) electrons. The van der Waals surface area contributed by atoms with E-state index in [4.69, 9.17) is 10.3 Å². The van der Waals surface area contributed by atoms with E-state index in [1.807, 2.05) is 6.92 Å². The van der Waals surface area contributed by atoms with E-state index in [2.05, 4.69) is 35.8 Å². The number of rotatable bonds is 7. The lowest BCUT2D eigenvalue weighted by Crippen LogP contribution is -2.38. The van der Waals surface area contributed by atoms with Crippen LogP contribution in [0.25, 0.3) is 0 Å². The summed E-state index contributed by atoms with van der Waals surface area (Å²) in [5.41, 5.74) is 5.89. The molecule has 0 spiro atoms. The van der Waals surface area contributed by atoms with Gasteiger partial charge in [-0.15, -0.1) is 0 Å². The first-order valence-corrected chi connectivity index (χ1v) is 6.18. The maximum Gasteiger partial charge on any atom is 0.240 e. The van der Waals surface area contributed by atoms with Gasteiger partial charge in [-0.05, 0) is 31.8 Å². The summed E-state index contributed by atoms with van der Waals surface area (Å²) in [7, 11) is 0. The highest BCUT2D eigenvalue weighted by molar-refractivity contribution is 4.84. The van der Waals surface area contributed by atoms with Crippen LogP contribution in [0, 0.1) is 12.3 Å². The van der Waals surface area contributed by atoms with Crippen LogP contribution >= 0.6 is 0 Å². The van der Waals surface area contributed by atoms with Gasteiger partial charge in [-0.2, -0.15) is 4.98 Å². The molecular formula is C12H24N4O. The Morgan fingerprint density at radius 1 is 1.41 bits per heavy atom. The third-order valence-electron chi connectivity index (χ3n) is 2.67. The molecule has 2 N–H and O–H groups in total. The lowest BCUT2D eigenvalue weighted by molar-refractivity contribution is 0.158. The highest BCUT2D eigenvalue weighted by atomic mass is 16.5. The van der Waals surface area contributed by atoms with Crippen molar-refractivity contribution in [1.82, 2.24) is 15.0 Å². The summed E-state index contributed by atoms with van der Waals surface area (Å²) < 4.78 is 5.16. The molecule has 5 heteroatoms. The van der Waals surface area contributed by atoms with Crippen LogP contribution in [-0.2, 0) is 6.54 Å². The van der Waals surface area contributed by atoms with Crippen molar-refractivity contribution in [3.05, 3.63) is 11.7 Å². The fraction of sp³-hybridized carbons (Fsp3) is 0.833. The van der Waals surface area contributed by atoms with E-state index in [0.717, 1.165) is 19.5 Å². The molecule has 1 rings (SSSR count). The minimum absolute atomic E-state index is 0.115. The van der Waals surface area contributed by atoms with Gasteiger partial charge in [-0.1, -0.05) is 25.9 Å².